The molecule has 0 saturated heterocycles. The number of carbonyl (C=O) groups excluding carboxylic acids is 3. The van der Waals surface area contributed by atoms with Gasteiger partial charge >= 0.3 is 0 Å². The molecular weight excluding hydrogens is 426 g/mol. The number of fused-ring (bicyclic) bond motifs is 3. The van der Waals surface area contributed by atoms with Gasteiger partial charge in [-0.15, -0.1) is 11.6 Å². The average molecular weight is 448 g/mol. The summed E-state index contributed by atoms with van der Waals surface area (Å²) in [6.45, 7) is 3.52. The van der Waals surface area contributed by atoms with Crippen molar-refractivity contribution in [2.45, 2.75) is 43.6 Å². The Morgan fingerprint density at radius 1 is 1.19 bits per heavy atom. The quantitative estimate of drug-likeness (QED) is 0.342. The van der Waals surface area contributed by atoms with Crippen LogP contribution in [0.15, 0.2) is 29.0 Å². The van der Waals surface area contributed by atoms with Crippen molar-refractivity contribution in [1.29, 1.82) is 0 Å². The van der Waals surface area contributed by atoms with Gasteiger partial charge in [-0.3, -0.25) is 14.4 Å². The van der Waals surface area contributed by atoms with E-state index in [9.17, 15) is 34.8 Å². The number of halogens is 1. The monoisotopic (exact) mass is 447 g/mol. The number of aromatic hydroxyl groups is 1. The molecule has 3 aliphatic carbocycles. The summed E-state index contributed by atoms with van der Waals surface area (Å²) in [5.41, 5.74) is 2.91. The maximum absolute atomic E-state index is 13.4. The summed E-state index contributed by atoms with van der Waals surface area (Å²) in [4.78, 5) is 36.5. The first-order chi connectivity index (χ1) is 14.3. The van der Waals surface area contributed by atoms with Crippen LogP contribution in [0.4, 0.5) is 0 Å². The highest BCUT2D eigenvalue weighted by atomic mass is 35.5. The molecular formula is C22H22ClNO7. The van der Waals surface area contributed by atoms with Crippen LogP contribution in [-0.4, -0.2) is 43.5 Å². The van der Waals surface area contributed by atoms with E-state index in [1.807, 2.05) is 0 Å². The predicted molar refractivity (Wildman–Crippen MR) is 110 cm³/mol. The summed E-state index contributed by atoms with van der Waals surface area (Å²) in [7, 11) is 0. The van der Waals surface area contributed by atoms with Gasteiger partial charge in [-0.1, -0.05) is 6.07 Å². The molecule has 3 aliphatic rings. The summed E-state index contributed by atoms with van der Waals surface area (Å²) in [5.74, 6) is -6.46. The number of nitrogens with two attached hydrogens (primary N) is 1. The minimum absolute atomic E-state index is 0.0401. The summed E-state index contributed by atoms with van der Waals surface area (Å²) in [5, 5.41) is 43.1. The number of carbonyl (C=O) groups is 3. The van der Waals surface area contributed by atoms with Crippen molar-refractivity contribution >= 4 is 34.8 Å². The molecule has 1 amide bonds. The smallest absolute Gasteiger partial charge is 0.255 e. The number of benzene rings is 1. The first kappa shape index (κ1) is 21.4. The van der Waals surface area contributed by atoms with Crippen molar-refractivity contribution < 1.29 is 34.8 Å². The van der Waals surface area contributed by atoms with Crippen molar-refractivity contribution in [3.8, 4) is 5.75 Å². The van der Waals surface area contributed by atoms with Crippen LogP contribution in [0, 0.1) is 11.8 Å². The lowest BCUT2D eigenvalue weighted by Gasteiger charge is -2.46. The van der Waals surface area contributed by atoms with Gasteiger partial charge in [0.15, 0.2) is 11.4 Å². The summed E-state index contributed by atoms with van der Waals surface area (Å²) in [6.07, 6.45) is -0.0368. The highest BCUT2D eigenvalue weighted by Crippen LogP contribution is 2.53. The van der Waals surface area contributed by atoms with E-state index in [-0.39, 0.29) is 36.1 Å². The minimum atomic E-state index is -2.56. The van der Waals surface area contributed by atoms with E-state index in [1.54, 1.807) is 19.9 Å². The molecule has 31 heavy (non-hydrogen) atoms. The number of hydrogen-bond acceptors (Lipinski definition) is 7. The molecule has 1 fully saturated rings. The Labute approximate surface area is 182 Å². The van der Waals surface area contributed by atoms with E-state index in [4.69, 9.17) is 17.3 Å². The summed E-state index contributed by atoms with van der Waals surface area (Å²) < 4.78 is 0. The Morgan fingerprint density at radius 3 is 2.42 bits per heavy atom. The molecule has 164 valence electrons. The number of aliphatic hydroxyl groups excluding tert-OH is 2. The second kappa shape index (κ2) is 6.58. The zero-order chi connectivity index (χ0) is 23.0. The Bertz CT molecular complexity index is 1130. The first-order valence-electron chi connectivity index (χ1n) is 9.81. The fraction of sp³-hybridized carbons (Fsp3) is 0.409. The van der Waals surface area contributed by atoms with Crippen molar-refractivity contribution in [1.82, 2.24) is 0 Å². The number of rotatable bonds is 2. The topological polar surface area (TPSA) is 158 Å². The Hall–Kier alpha value is -2.84. The third-order valence-corrected chi connectivity index (χ3v) is 6.79. The van der Waals surface area contributed by atoms with Gasteiger partial charge in [0.25, 0.3) is 5.91 Å². The number of Topliss-reactive ketones (excluding diaryl/α,β-unsaturated/α-hetero) is 2. The zero-order valence-corrected chi connectivity index (χ0v) is 17.7. The molecule has 9 heteroatoms. The highest BCUT2D eigenvalue weighted by Gasteiger charge is 2.60. The van der Waals surface area contributed by atoms with E-state index in [2.05, 4.69) is 0 Å². The highest BCUT2D eigenvalue weighted by molar-refractivity contribution is 6.24. The third kappa shape index (κ3) is 2.81. The molecule has 3 atom stereocenters. The number of phenols is 1. The van der Waals surface area contributed by atoms with E-state index in [1.165, 1.54) is 6.07 Å². The van der Waals surface area contributed by atoms with Gasteiger partial charge in [-0.25, -0.2) is 0 Å². The van der Waals surface area contributed by atoms with Crippen molar-refractivity contribution in [2.24, 2.45) is 17.6 Å². The number of amides is 1. The van der Waals surface area contributed by atoms with Gasteiger partial charge in [-0.2, -0.15) is 0 Å². The molecule has 1 aromatic carbocycles. The molecule has 0 bridgehead atoms. The molecule has 0 heterocycles. The SMILES string of the molecule is CC(C)(Cl)c1ccc(O)c2c1C[C@H]1C[C@H]3CC(=O)C(C(N)=O)=C(O)[C@@]3(O)C(=O)C1=C2O. The zero-order valence-electron chi connectivity index (χ0n) is 16.9. The van der Waals surface area contributed by atoms with Crippen molar-refractivity contribution in [2.75, 3.05) is 0 Å². The third-order valence-electron chi connectivity index (χ3n) is 6.59. The van der Waals surface area contributed by atoms with E-state index >= 15 is 0 Å². The largest absolute Gasteiger partial charge is 0.508 e. The molecule has 1 aromatic rings. The number of primary amides is 1. The molecule has 0 unspecified atom stereocenters. The van der Waals surface area contributed by atoms with Crippen LogP contribution >= 0.6 is 11.6 Å². The number of alkyl halides is 1. The summed E-state index contributed by atoms with van der Waals surface area (Å²) >= 11 is 6.50. The van der Waals surface area contributed by atoms with Crippen LogP contribution in [-0.2, 0) is 25.7 Å². The fourth-order valence-corrected chi connectivity index (χ4v) is 5.36. The Kier molecular flexibility index (Phi) is 4.54. The van der Waals surface area contributed by atoms with E-state index < -0.39 is 56.9 Å². The molecule has 0 aliphatic heterocycles. The molecule has 1 saturated carbocycles. The van der Waals surface area contributed by atoms with Crippen LogP contribution in [0.2, 0.25) is 0 Å². The lowest BCUT2D eigenvalue weighted by molar-refractivity contribution is -0.147. The average Bonchev–Trinajstić information content (AvgIpc) is 2.63. The molecule has 0 radical (unpaired) electrons. The van der Waals surface area contributed by atoms with Crippen LogP contribution in [0.3, 0.4) is 0 Å². The summed E-state index contributed by atoms with van der Waals surface area (Å²) in [6, 6.07) is 3.01. The fourth-order valence-electron chi connectivity index (χ4n) is 5.18. The minimum Gasteiger partial charge on any atom is -0.508 e. The molecule has 6 N–H and O–H groups in total. The van der Waals surface area contributed by atoms with Crippen LogP contribution in [0.25, 0.3) is 5.76 Å². The van der Waals surface area contributed by atoms with Crippen molar-refractivity contribution in [3.05, 3.63) is 45.7 Å². The van der Waals surface area contributed by atoms with E-state index in [0.29, 0.717) is 11.1 Å². The molecule has 0 spiro atoms. The molecule has 0 aromatic heterocycles. The normalized spacial score (nSPS) is 28.3. The second-order valence-electron chi connectivity index (χ2n) is 8.86. The Morgan fingerprint density at radius 2 is 1.84 bits per heavy atom. The van der Waals surface area contributed by atoms with E-state index in [0.717, 1.165) is 0 Å². The number of ketones is 2. The van der Waals surface area contributed by atoms with Gasteiger partial charge in [-0.05, 0) is 49.8 Å². The van der Waals surface area contributed by atoms with Gasteiger partial charge in [0.1, 0.15) is 22.8 Å². The second-order valence-corrected chi connectivity index (χ2v) is 9.81. The Balaban J connectivity index is 1.96. The first-order valence-corrected chi connectivity index (χ1v) is 10.2. The van der Waals surface area contributed by atoms with Crippen LogP contribution in [0.1, 0.15) is 43.4 Å². The molecule has 4 rings (SSSR count). The number of hydrogen-bond donors (Lipinski definition) is 5. The lowest BCUT2D eigenvalue weighted by Crippen LogP contribution is -2.58. The lowest BCUT2D eigenvalue weighted by atomic mass is 9.59. The predicted octanol–water partition coefficient (Wildman–Crippen LogP) is 1.90. The maximum Gasteiger partial charge on any atom is 0.255 e. The van der Waals surface area contributed by atoms with Crippen molar-refractivity contribution in [3.63, 3.8) is 0 Å². The van der Waals surface area contributed by atoms with Crippen LogP contribution in [0.5, 0.6) is 5.75 Å². The number of phenolic OH excluding ortho intramolecular Hbond substituents is 1. The van der Waals surface area contributed by atoms with Gasteiger partial charge < -0.3 is 26.2 Å². The van der Waals surface area contributed by atoms with Crippen LogP contribution < -0.4 is 5.73 Å². The molecule has 8 nitrogen and oxygen atoms in total. The number of aliphatic hydroxyl groups is 3. The van der Waals surface area contributed by atoms with Gasteiger partial charge in [0.2, 0.25) is 5.78 Å². The van der Waals surface area contributed by atoms with Gasteiger partial charge in [0.05, 0.1) is 10.4 Å². The standard InChI is InChI=1S/C22H22ClNO7/c1-21(2,23)11-3-4-12(25)15-10(11)6-8-5-9-7-13(26)16(20(24)30)19(29)22(9,31)18(28)14(8)17(15)27/h3-4,8-9,25,27,29,31H,5-7H2,1-2H3,(H2,24,30)/t8-,9+,22+/m1/s1. The van der Waals surface area contributed by atoms with Gasteiger partial charge in [0, 0.05) is 17.9 Å². The maximum atomic E-state index is 13.4.